The molecule has 0 radical (unpaired) electrons. The minimum absolute atomic E-state index is 0.452. The molecule has 0 atom stereocenters. The van der Waals surface area contributed by atoms with Crippen LogP contribution in [0.25, 0.3) is 22.3 Å². The number of fused-ring (bicyclic) bond motifs is 2. The molecule has 2 aromatic heterocycles. The summed E-state index contributed by atoms with van der Waals surface area (Å²) in [4.78, 5) is 14.4. The van der Waals surface area contributed by atoms with Gasteiger partial charge < -0.3 is 9.64 Å². The van der Waals surface area contributed by atoms with E-state index in [1.54, 1.807) is 11.8 Å². The van der Waals surface area contributed by atoms with E-state index in [0.29, 0.717) is 6.04 Å². The molecule has 0 bridgehead atoms. The highest BCUT2D eigenvalue weighted by molar-refractivity contribution is 5.83. The predicted octanol–water partition coefficient (Wildman–Crippen LogP) is 4.71. The van der Waals surface area contributed by atoms with Gasteiger partial charge in [0.05, 0.1) is 36.2 Å². The van der Waals surface area contributed by atoms with Crippen molar-refractivity contribution in [1.82, 2.24) is 24.6 Å². The molecule has 1 aliphatic rings. The molecule has 0 fully saturated rings. The molecule has 2 aromatic carbocycles. The van der Waals surface area contributed by atoms with Crippen molar-refractivity contribution in [3.8, 4) is 17.0 Å². The van der Waals surface area contributed by atoms with Gasteiger partial charge in [-0.25, -0.2) is 4.98 Å². The smallest absolute Gasteiger partial charge is 0.125 e. The molecule has 3 heterocycles. The molecule has 1 aliphatic heterocycles. The molecule has 0 unspecified atom stereocenters. The van der Waals surface area contributed by atoms with E-state index in [0.717, 1.165) is 53.4 Å². The summed E-state index contributed by atoms with van der Waals surface area (Å²) in [7, 11) is 3.67. The van der Waals surface area contributed by atoms with Gasteiger partial charge in [0.2, 0.25) is 0 Å². The van der Waals surface area contributed by atoms with Crippen LogP contribution >= 0.6 is 0 Å². The van der Waals surface area contributed by atoms with E-state index in [4.69, 9.17) is 9.72 Å². The number of rotatable bonds is 4. The van der Waals surface area contributed by atoms with Crippen molar-refractivity contribution in [2.75, 3.05) is 25.1 Å². The van der Waals surface area contributed by atoms with Crippen molar-refractivity contribution >= 4 is 22.4 Å². The number of nitrogens with zero attached hydrogens (tertiary/aromatic N) is 6. The maximum Gasteiger partial charge on any atom is 0.125 e. The molecule has 0 spiro atoms. The van der Waals surface area contributed by atoms with E-state index in [1.807, 2.05) is 25.6 Å². The van der Waals surface area contributed by atoms with Crippen LogP contribution < -0.4 is 9.64 Å². The third-order valence-electron chi connectivity index (χ3n) is 6.38. The lowest BCUT2D eigenvalue weighted by Gasteiger charge is -2.26. The Morgan fingerprint density at radius 3 is 2.61 bits per heavy atom. The Morgan fingerprint density at radius 2 is 1.88 bits per heavy atom. The Balaban J connectivity index is 1.62. The summed E-state index contributed by atoms with van der Waals surface area (Å²) in [6, 6.07) is 11.2. The van der Waals surface area contributed by atoms with Gasteiger partial charge in [-0.05, 0) is 56.7 Å². The molecule has 0 saturated carbocycles. The number of aromatic nitrogens is 4. The minimum Gasteiger partial charge on any atom is -0.496 e. The molecule has 170 valence electrons. The van der Waals surface area contributed by atoms with Crippen molar-refractivity contribution in [2.45, 2.75) is 33.4 Å². The molecule has 5 rings (SSSR count). The molecule has 0 saturated heterocycles. The fourth-order valence-corrected chi connectivity index (χ4v) is 4.55. The third-order valence-corrected chi connectivity index (χ3v) is 6.38. The number of ether oxygens (including phenoxy) is 1. The van der Waals surface area contributed by atoms with Crippen LogP contribution in [-0.2, 0) is 13.6 Å². The lowest BCUT2D eigenvalue weighted by atomic mass is 10.1. The predicted molar refractivity (Wildman–Crippen MR) is 132 cm³/mol. The van der Waals surface area contributed by atoms with Crippen LogP contribution in [0.3, 0.4) is 0 Å². The van der Waals surface area contributed by atoms with Crippen molar-refractivity contribution in [3.63, 3.8) is 0 Å². The van der Waals surface area contributed by atoms with Gasteiger partial charge in [-0.3, -0.25) is 14.6 Å². The normalized spacial score (nSPS) is 14.5. The molecule has 0 aliphatic carbocycles. The molecule has 0 amide bonds. The Hall–Kier alpha value is -3.45. The Morgan fingerprint density at radius 1 is 1.03 bits per heavy atom. The second-order valence-electron chi connectivity index (χ2n) is 9.01. The fraction of sp³-hybridized carbons (Fsp3) is 0.346. The molecular formula is C26H30N6O. The zero-order valence-electron chi connectivity index (χ0n) is 19.9. The lowest BCUT2D eigenvalue weighted by Crippen LogP contribution is -2.34. The summed E-state index contributed by atoms with van der Waals surface area (Å²) in [5.41, 5.74) is 8.27. The molecule has 33 heavy (non-hydrogen) atoms. The van der Waals surface area contributed by atoms with Crippen LogP contribution in [0.1, 0.15) is 25.0 Å². The highest BCUT2D eigenvalue weighted by Crippen LogP contribution is 2.39. The zero-order valence-corrected chi connectivity index (χ0v) is 19.9. The van der Waals surface area contributed by atoms with E-state index in [-0.39, 0.29) is 0 Å². The summed E-state index contributed by atoms with van der Waals surface area (Å²) in [6.45, 7) is 9.35. The Labute approximate surface area is 194 Å². The van der Waals surface area contributed by atoms with E-state index >= 15 is 0 Å². The largest absolute Gasteiger partial charge is 0.496 e. The number of hydrogen-bond acceptors (Lipinski definition) is 6. The first-order valence-electron chi connectivity index (χ1n) is 11.4. The Kier molecular flexibility index (Phi) is 5.50. The summed E-state index contributed by atoms with van der Waals surface area (Å²) >= 11 is 0. The molecular weight excluding hydrogens is 412 g/mol. The van der Waals surface area contributed by atoms with Crippen LogP contribution in [0.5, 0.6) is 5.75 Å². The summed E-state index contributed by atoms with van der Waals surface area (Å²) in [5, 5.41) is 4.27. The van der Waals surface area contributed by atoms with Gasteiger partial charge in [0.1, 0.15) is 5.75 Å². The van der Waals surface area contributed by atoms with Crippen molar-refractivity contribution < 1.29 is 4.74 Å². The van der Waals surface area contributed by atoms with Crippen molar-refractivity contribution in [3.05, 3.63) is 60.0 Å². The van der Waals surface area contributed by atoms with Crippen LogP contribution in [0.2, 0.25) is 0 Å². The van der Waals surface area contributed by atoms with Gasteiger partial charge in [0.15, 0.2) is 0 Å². The number of benzene rings is 2. The van der Waals surface area contributed by atoms with E-state index in [2.05, 4.69) is 71.0 Å². The summed E-state index contributed by atoms with van der Waals surface area (Å²) in [5.74, 6) is 0.946. The van der Waals surface area contributed by atoms with E-state index < -0.39 is 0 Å². The number of hydrogen-bond donors (Lipinski definition) is 0. The first-order chi connectivity index (χ1) is 15.9. The standard InChI is InChI=1S/C26H30N6O/c1-17(2)31-8-9-32(25-10-18(3)11-26(33-5)21(25)16-31)20-6-7-22-23(12-20)29-24(14-27-22)19-13-28-30(4)15-19/h6-7,10-15,17H,8-9,16H2,1-5H3. The minimum atomic E-state index is 0.452. The zero-order chi connectivity index (χ0) is 23.1. The van der Waals surface area contributed by atoms with Crippen molar-refractivity contribution in [2.24, 2.45) is 7.05 Å². The molecule has 7 heteroatoms. The highest BCUT2D eigenvalue weighted by atomic mass is 16.5. The molecule has 7 nitrogen and oxygen atoms in total. The van der Waals surface area contributed by atoms with Crippen LogP contribution in [0.4, 0.5) is 11.4 Å². The topological polar surface area (TPSA) is 59.3 Å². The van der Waals surface area contributed by atoms with Crippen LogP contribution in [-0.4, -0.2) is 50.9 Å². The third kappa shape index (κ3) is 4.04. The molecule has 4 aromatic rings. The van der Waals surface area contributed by atoms with E-state index in [1.165, 1.54) is 16.8 Å². The van der Waals surface area contributed by atoms with E-state index in [9.17, 15) is 0 Å². The summed E-state index contributed by atoms with van der Waals surface area (Å²) in [6.07, 6.45) is 5.59. The lowest BCUT2D eigenvalue weighted by molar-refractivity contribution is 0.221. The highest BCUT2D eigenvalue weighted by Gasteiger charge is 2.25. The first-order valence-corrected chi connectivity index (χ1v) is 11.4. The van der Waals surface area contributed by atoms with Crippen molar-refractivity contribution in [1.29, 1.82) is 0 Å². The quantitative estimate of drug-likeness (QED) is 0.456. The van der Waals surface area contributed by atoms with Crippen LogP contribution in [0.15, 0.2) is 48.9 Å². The average molecular weight is 443 g/mol. The van der Waals surface area contributed by atoms with Gasteiger partial charge in [-0.15, -0.1) is 0 Å². The van der Waals surface area contributed by atoms with Gasteiger partial charge in [0, 0.05) is 61.4 Å². The Bertz CT molecular complexity index is 1310. The maximum atomic E-state index is 5.81. The SMILES string of the molecule is COc1cc(C)cc2c1CN(C(C)C)CCN2c1ccc2ncc(-c3cnn(C)c3)nc2c1. The van der Waals surface area contributed by atoms with Crippen LogP contribution in [0, 0.1) is 6.92 Å². The first kappa shape index (κ1) is 21.4. The van der Waals surface area contributed by atoms with Gasteiger partial charge in [-0.2, -0.15) is 5.10 Å². The number of methoxy groups -OCH3 is 1. The van der Waals surface area contributed by atoms with Gasteiger partial charge >= 0.3 is 0 Å². The molecule has 0 N–H and O–H groups in total. The van der Waals surface area contributed by atoms with Gasteiger partial charge in [-0.1, -0.05) is 0 Å². The average Bonchev–Trinajstić information content (AvgIpc) is 3.14. The van der Waals surface area contributed by atoms with Gasteiger partial charge in [0.25, 0.3) is 0 Å². The second-order valence-corrected chi connectivity index (χ2v) is 9.01. The number of anilines is 2. The fourth-order valence-electron chi connectivity index (χ4n) is 4.55. The summed E-state index contributed by atoms with van der Waals surface area (Å²) < 4.78 is 7.59. The second kappa shape index (κ2) is 8.48. The monoisotopic (exact) mass is 442 g/mol. The maximum absolute atomic E-state index is 5.81. The number of aryl methyl sites for hydroxylation is 2.